The van der Waals surface area contributed by atoms with Gasteiger partial charge >= 0.3 is 0 Å². The minimum atomic E-state index is 0.688. The lowest BCUT2D eigenvalue weighted by molar-refractivity contribution is 0.388. The second kappa shape index (κ2) is 4.56. The summed E-state index contributed by atoms with van der Waals surface area (Å²) in [6.07, 6.45) is 0.867. The first kappa shape index (κ1) is 11.2. The van der Waals surface area contributed by atoms with Crippen molar-refractivity contribution >= 4 is 11.6 Å². The summed E-state index contributed by atoms with van der Waals surface area (Å²) in [5, 5.41) is 0.688. The van der Waals surface area contributed by atoms with Crippen LogP contribution in [-0.4, -0.2) is 14.2 Å². The largest absolute Gasteiger partial charge is 0.496 e. The van der Waals surface area contributed by atoms with Crippen LogP contribution >= 0.6 is 11.6 Å². The Labute approximate surface area is 89.8 Å². The molecular formula is C11H15ClO2. The van der Waals surface area contributed by atoms with E-state index in [4.69, 9.17) is 21.1 Å². The third kappa shape index (κ3) is 1.80. The van der Waals surface area contributed by atoms with Crippen molar-refractivity contribution in [2.24, 2.45) is 0 Å². The van der Waals surface area contributed by atoms with E-state index in [-0.39, 0.29) is 0 Å². The van der Waals surface area contributed by atoms with Gasteiger partial charge in [-0.2, -0.15) is 0 Å². The summed E-state index contributed by atoms with van der Waals surface area (Å²) in [6, 6.07) is 1.96. The molecule has 0 fully saturated rings. The molecule has 0 atom stereocenters. The van der Waals surface area contributed by atoms with Crippen LogP contribution in [0.1, 0.15) is 18.1 Å². The number of ether oxygens (including phenoxy) is 2. The van der Waals surface area contributed by atoms with Gasteiger partial charge in [-0.3, -0.25) is 0 Å². The Morgan fingerprint density at radius 3 is 2.36 bits per heavy atom. The van der Waals surface area contributed by atoms with E-state index in [0.29, 0.717) is 10.8 Å². The van der Waals surface area contributed by atoms with Crippen LogP contribution in [0.2, 0.25) is 5.02 Å². The van der Waals surface area contributed by atoms with Crippen molar-refractivity contribution in [3.63, 3.8) is 0 Å². The highest BCUT2D eigenvalue weighted by Gasteiger charge is 2.13. The molecule has 0 aliphatic carbocycles. The Bertz CT molecular complexity index is 306. The highest BCUT2D eigenvalue weighted by molar-refractivity contribution is 6.33. The molecule has 0 aliphatic heterocycles. The van der Waals surface area contributed by atoms with Crippen molar-refractivity contribution in [3.05, 3.63) is 22.2 Å². The van der Waals surface area contributed by atoms with Crippen LogP contribution in [0, 0.1) is 6.92 Å². The first-order valence-electron chi connectivity index (χ1n) is 4.55. The molecular weight excluding hydrogens is 200 g/mol. The lowest BCUT2D eigenvalue weighted by Crippen LogP contribution is -1.96. The quantitative estimate of drug-likeness (QED) is 0.769. The van der Waals surface area contributed by atoms with Crippen molar-refractivity contribution in [3.8, 4) is 11.5 Å². The Balaban J connectivity index is 3.39. The zero-order chi connectivity index (χ0) is 10.7. The molecule has 3 heteroatoms. The first-order chi connectivity index (χ1) is 6.65. The highest BCUT2D eigenvalue weighted by Crippen LogP contribution is 2.37. The van der Waals surface area contributed by atoms with E-state index in [1.165, 1.54) is 0 Å². The van der Waals surface area contributed by atoms with Crippen LogP contribution in [0.25, 0.3) is 0 Å². The summed E-state index contributed by atoms with van der Waals surface area (Å²) < 4.78 is 10.5. The summed E-state index contributed by atoms with van der Waals surface area (Å²) in [6.45, 7) is 3.98. The third-order valence-corrected chi connectivity index (χ3v) is 2.72. The summed E-state index contributed by atoms with van der Waals surface area (Å²) in [7, 11) is 3.27. The predicted octanol–water partition coefficient (Wildman–Crippen LogP) is 3.23. The molecule has 0 aliphatic rings. The summed E-state index contributed by atoms with van der Waals surface area (Å²) in [5.41, 5.74) is 1.99. The molecule has 1 aromatic rings. The molecule has 0 aromatic heterocycles. The molecule has 0 amide bonds. The van der Waals surface area contributed by atoms with E-state index >= 15 is 0 Å². The molecule has 0 unspecified atom stereocenters. The number of hydrogen-bond acceptors (Lipinski definition) is 2. The van der Waals surface area contributed by atoms with Gasteiger partial charge in [0.25, 0.3) is 0 Å². The van der Waals surface area contributed by atoms with Crippen molar-refractivity contribution < 1.29 is 9.47 Å². The molecule has 0 bridgehead atoms. The van der Waals surface area contributed by atoms with Gasteiger partial charge in [-0.25, -0.2) is 0 Å². The summed E-state index contributed by atoms with van der Waals surface area (Å²) >= 11 is 6.16. The molecule has 0 heterocycles. The Morgan fingerprint density at radius 1 is 1.29 bits per heavy atom. The average Bonchev–Trinajstić information content (AvgIpc) is 2.19. The zero-order valence-corrected chi connectivity index (χ0v) is 9.73. The second-order valence-electron chi connectivity index (χ2n) is 3.06. The van der Waals surface area contributed by atoms with Crippen LogP contribution in [-0.2, 0) is 6.42 Å². The third-order valence-electron chi connectivity index (χ3n) is 2.30. The first-order valence-corrected chi connectivity index (χ1v) is 4.93. The highest BCUT2D eigenvalue weighted by atomic mass is 35.5. The number of rotatable bonds is 3. The van der Waals surface area contributed by atoms with Crippen LogP contribution in [0.4, 0.5) is 0 Å². The Hall–Kier alpha value is -0.890. The molecule has 0 saturated carbocycles. The van der Waals surface area contributed by atoms with Crippen LogP contribution < -0.4 is 9.47 Å². The van der Waals surface area contributed by atoms with Crippen molar-refractivity contribution in [1.29, 1.82) is 0 Å². The standard InChI is InChI=1S/C11H15ClO2/c1-5-8-6-9(13-3)7(2)11(14-4)10(8)12/h6H,5H2,1-4H3. The van der Waals surface area contributed by atoms with Gasteiger partial charge in [0.15, 0.2) is 0 Å². The van der Waals surface area contributed by atoms with Gasteiger partial charge in [0.05, 0.1) is 19.2 Å². The minimum Gasteiger partial charge on any atom is -0.496 e. The molecule has 0 N–H and O–H groups in total. The predicted molar refractivity (Wildman–Crippen MR) is 58.7 cm³/mol. The number of aryl methyl sites for hydroxylation is 1. The van der Waals surface area contributed by atoms with Gasteiger partial charge in [-0.1, -0.05) is 18.5 Å². The maximum Gasteiger partial charge on any atom is 0.144 e. The van der Waals surface area contributed by atoms with Gasteiger partial charge in [0, 0.05) is 5.56 Å². The fourth-order valence-electron chi connectivity index (χ4n) is 1.46. The second-order valence-corrected chi connectivity index (χ2v) is 3.44. The van der Waals surface area contributed by atoms with Gasteiger partial charge in [0.2, 0.25) is 0 Å². The molecule has 0 radical (unpaired) electrons. The number of halogens is 1. The van der Waals surface area contributed by atoms with Crippen LogP contribution in [0.3, 0.4) is 0 Å². The lowest BCUT2D eigenvalue weighted by atomic mass is 10.1. The van der Waals surface area contributed by atoms with Gasteiger partial charge in [-0.05, 0) is 25.0 Å². The van der Waals surface area contributed by atoms with E-state index in [1.807, 2.05) is 13.0 Å². The fourth-order valence-corrected chi connectivity index (χ4v) is 1.87. The Kier molecular flexibility index (Phi) is 3.64. The molecule has 1 aromatic carbocycles. The van der Waals surface area contributed by atoms with E-state index in [0.717, 1.165) is 23.3 Å². The molecule has 14 heavy (non-hydrogen) atoms. The lowest BCUT2D eigenvalue weighted by Gasteiger charge is -2.14. The van der Waals surface area contributed by atoms with Gasteiger partial charge < -0.3 is 9.47 Å². The van der Waals surface area contributed by atoms with Crippen molar-refractivity contribution in [2.45, 2.75) is 20.3 Å². The summed E-state index contributed by atoms with van der Waals surface area (Å²) in [5.74, 6) is 1.53. The molecule has 1 rings (SSSR count). The number of benzene rings is 1. The Morgan fingerprint density at radius 2 is 1.93 bits per heavy atom. The normalized spacial score (nSPS) is 10.1. The van der Waals surface area contributed by atoms with Crippen LogP contribution in [0.15, 0.2) is 6.07 Å². The van der Waals surface area contributed by atoms with E-state index in [2.05, 4.69) is 6.92 Å². The maximum atomic E-state index is 6.16. The van der Waals surface area contributed by atoms with Gasteiger partial charge in [-0.15, -0.1) is 0 Å². The summed E-state index contributed by atoms with van der Waals surface area (Å²) in [4.78, 5) is 0. The minimum absolute atomic E-state index is 0.688. The SMILES string of the molecule is CCc1cc(OC)c(C)c(OC)c1Cl. The average molecular weight is 215 g/mol. The topological polar surface area (TPSA) is 18.5 Å². The molecule has 0 saturated heterocycles. The number of methoxy groups -OCH3 is 2. The van der Waals surface area contributed by atoms with Crippen molar-refractivity contribution in [2.75, 3.05) is 14.2 Å². The fraction of sp³-hybridized carbons (Fsp3) is 0.455. The number of hydrogen-bond donors (Lipinski definition) is 0. The smallest absolute Gasteiger partial charge is 0.144 e. The van der Waals surface area contributed by atoms with Crippen molar-refractivity contribution in [1.82, 2.24) is 0 Å². The molecule has 0 spiro atoms. The molecule has 78 valence electrons. The van der Waals surface area contributed by atoms with E-state index in [9.17, 15) is 0 Å². The monoisotopic (exact) mass is 214 g/mol. The van der Waals surface area contributed by atoms with Crippen LogP contribution in [0.5, 0.6) is 11.5 Å². The molecule has 2 nitrogen and oxygen atoms in total. The van der Waals surface area contributed by atoms with Gasteiger partial charge in [0.1, 0.15) is 11.5 Å². The zero-order valence-electron chi connectivity index (χ0n) is 8.98. The maximum absolute atomic E-state index is 6.16. The van der Waals surface area contributed by atoms with E-state index in [1.54, 1.807) is 14.2 Å². The van der Waals surface area contributed by atoms with E-state index < -0.39 is 0 Å².